The molecule has 0 radical (unpaired) electrons. The van der Waals surface area contributed by atoms with Crippen molar-refractivity contribution in [2.45, 2.75) is 44.7 Å². The topological polar surface area (TPSA) is 49.3 Å². The van der Waals surface area contributed by atoms with Gasteiger partial charge in [-0.25, -0.2) is 0 Å². The van der Waals surface area contributed by atoms with Crippen LogP contribution in [0.3, 0.4) is 0 Å². The second kappa shape index (κ2) is 5.33. The molecule has 0 amide bonds. The van der Waals surface area contributed by atoms with E-state index < -0.39 is 5.97 Å². The Hall–Kier alpha value is -1.35. The maximum atomic E-state index is 10.9. The molecule has 2 aliphatic carbocycles. The number of carboxylic acids is 1. The van der Waals surface area contributed by atoms with Crippen LogP contribution in [0, 0.1) is 11.8 Å². The van der Waals surface area contributed by atoms with Gasteiger partial charge in [-0.1, -0.05) is 24.3 Å². The van der Waals surface area contributed by atoms with Gasteiger partial charge in [-0.2, -0.15) is 0 Å². The summed E-state index contributed by atoms with van der Waals surface area (Å²) in [6.07, 6.45) is 5.58. The number of benzene rings is 1. The van der Waals surface area contributed by atoms with Crippen molar-refractivity contribution in [2.24, 2.45) is 11.8 Å². The number of hydrogen-bond acceptors (Lipinski definition) is 2. The van der Waals surface area contributed by atoms with E-state index in [0.29, 0.717) is 6.04 Å². The largest absolute Gasteiger partial charge is 0.481 e. The zero-order valence-corrected chi connectivity index (χ0v) is 11.1. The van der Waals surface area contributed by atoms with Crippen LogP contribution in [-0.4, -0.2) is 17.1 Å². The standard InChI is InChI=1S/C16H21NO2/c18-15(19)9-13-3-1-2-4-14(13)10-17-16(11-5-6-11)12-7-8-12/h1-4,11-12,16-17H,5-10H2,(H,18,19). The summed E-state index contributed by atoms with van der Waals surface area (Å²) in [6.45, 7) is 0.807. The van der Waals surface area contributed by atoms with Crippen molar-refractivity contribution >= 4 is 5.97 Å². The molecule has 3 rings (SSSR count). The lowest BCUT2D eigenvalue weighted by atomic mass is 10.0. The second-order valence-electron chi connectivity index (χ2n) is 5.92. The highest BCUT2D eigenvalue weighted by molar-refractivity contribution is 5.70. The van der Waals surface area contributed by atoms with Crippen LogP contribution >= 0.6 is 0 Å². The average Bonchev–Trinajstić information content (AvgIpc) is 3.25. The van der Waals surface area contributed by atoms with Gasteiger partial charge in [0.1, 0.15) is 0 Å². The number of hydrogen-bond donors (Lipinski definition) is 2. The molecule has 2 fully saturated rings. The smallest absolute Gasteiger partial charge is 0.307 e. The van der Waals surface area contributed by atoms with E-state index in [1.165, 1.54) is 25.7 Å². The Bertz CT molecular complexity index is 452. The summed E-state index contributed by atoms with van der Waals surface area (Å²) in [5.74, 6) is 0.992. The van der Waals surface area contributed by atoms with Gasteiger partial charge in [-0.3, -0.25) is 4.79 Å². The maximum Gasteiger partial charge on any atom is 0.307 e. The molecule has 1 aromatic rings. The molecule has 0 atom stereocenters. The number of carboxylic acid groups (broad SMARTS) is 1. The molecule has 2 aliphatic rings. The third kappa shape index (κ3) is 3.35. The van der Waals surface area contributed by atoms with Gasteiger partial charge < -0.3 is 10.4 Å². The molecular formula is C16H21NO2. The Morgan fingerprint density at radius 2 is 1.74 bits per heavy atom. The second-order valence-corrected chi connectivity index (χ2v) is 5.92. The molecule has 0 heterocycles. The first kappa shape index (κ1) is 12.7. The molecule has 102 valence electrons. The van der Waals surface area contributed by atoms with Gasteiger partial charge in [-0.05, 0) is 48.6 Å². The normalized spacial score (nSPS) is 18.8. The van der Waals surface area contributed by atoms with Crippen molar-refractivity contribution < 1.29 is 9.90 Å². The average molecular weight is 259 g/mol. The van der Waals surface area contributed by atoms with E-state index in [1.54, 1.807) is 0 Å². The summed E-state index contributed by atoms with van der Waals surface area (Å²) in [5.41, 5.74) is 2.07. The fourth-order valence-electron chi connectivity index (χ4n) is 2.92. The van der Waals surface area contributed by atoms with Gasteiger partial charge in [0.25, 0.3) is 0 Å². The van der Waals surface area contributed by atoms with Crippen molar-refractivity contribution in [2.75, 3.05) is 0 Å². The summed E-state index contributed by atoms with van der Waals surface area (Å²) in [7, 11) is 0. The number of rotatable bonds is 7. The van der Waals surface area contributed by atoms with E-state index in [0.717, 1.165) is 29.5 Å². The Morgan fingerprint density at radius 1 is 1.16 bits per heavy atom. The number of carbonyl (C=O) groups is 1. The molecule has 3 heteroatoms. The summed E-state index contributed by atoms with van der Waals surface area (Å²) < 4.78 is 0. The van der Waals surface area contributed by atoms with Crippen molar-refractivity contribution in [3.8, 4) is 0 Å². The van der Waals surface area contributed by atoms with E-state index in [9.17, 15) is 4.79 Å². The molecule has 0 aliphatic heterocycles. The summed E-state index contributed by atoms with van der Waals surface area (Å²) in [4.78, 5) is 10.9. The van der Waals surface area contributed by atoms with Gasteiger partial charge in [0.2, 0.25) is 0 Å². The maximum absolute atomic E-state index is 10.9. The SMILES string of the molecule is O=C(O)Cc1ccccc1CNC(C1CC1)C1CC1. The van der Waals surface area contributed by atoms with E-state index in [-0.39, 0.29) is 6.42 Å². The number of nitrogens with one attached hydrogen (secondary N) is 1. The lowest BCUT2D eigenvalue weighted by Crippen LogP contribution is -2.32. The molecule has 19 heavy (non-hydrogen) atoms. The van der Waals surface area contributed by atoms with Crippen LogP contribution in [0.2, 0.25) is 0 Å². The van der Waals surface area contributed by atoms with Gasteiger partial charge in [0.15, 0.2) is 0 Å². The van der Waals surface area contributed by atoms with Crippen LogP contribution in [0.15, 0.2) is 24.3 Å². The fraction of sp³-hybridized carbons (Fsp3) is 0.562. The quantitative estimate of drug-likeness (QED) is 0.791. The van der Waals surface area contributed by atoms with E-state index in [4.69, 9.17) is 5.11 Å². The lowest BCUT2D eigenvalue weighted by molar-refractivity contribution is -0.136. The van der Waals surface area contributed by atoms with Crippen molar-refractivity contribution in [1.82, 2.24) is 5.32 Å². The zero-order valence-electron chi connectivity index (χ0n) is 11.1. The van der Waals surface area contributed by atoms with E-state index in [1.807, 2.05) is 24.3 Å². The zero-order chi connectivity index (χ0) is 13.2. The molecule has 0 aromatic heterocycles. The predicted molar refractivity (Wildman–Crippen MR) is 73.9 cm³/mol. The first-order chi connectivity index (χ1) is 9.24. The number of aliphatic carboxylic acids is 1. The van der Waals surface area contributed by atoms with E-state index in [2.05, 4.69) is 5.32 Å². The summed E-state index contributed by atoms with van der Waals surface area (Å²) in [6, 6.07) is 8.54. The predicted octanol–water partition coefficient (Wildman–Crippen LogP) is 2.59. The van der Waals surface area contributed by atoms with Crippen molar-refractivity contribution in [3.63, 3.8) is 0 Å². The highest BCUT2D eigenvalue weighted by Gasteiger charge is 2.40. The van der Waals surface area contributed by atoms with Crippen LogP contribution < -0.4 is 5.32 Å². The molecule has 0 saturated heterocycles. The van der Waals surface area contributed by atoms with Crippen LogP contribution in [0.25, 0.3) is 0 Å². The molecular weight excluding hydrogens is 238 g/mol. The minimum Gasteiger partial charge on any atom is -0.481 e. The Morgan fingerprint density at radius 3 is 2.26 bits per heavy atom. The molecule has 2 N–H and O–H groups in total. The van der Waals surface area contributed by atoms with Crippen LogP contribution in [0.4, 0.5) is 0 Å². The molecule has 1 aromatic carbocycles. The van der Waals surface area contributed by atoms with Crippen molar-refractivity contribution in [3.05, 3.63) is 35.4 Å². The van der Waals surface area contributed by atoms with Crippen LogP contribution in [-0.2, 0) is 17.8 Å². The molecule has 0 bridgehead atoms. The van der Waals surface area contributed by atoms with Crippen LogP contribution in [0.1, 0.15) is 36.8 Å². The molecule has 0 unspecified atom stereocenters. The third-order valence-corrected chi connectivity index (χ3v) is 4.25. The summed E-state index contributed by atoms with van der Waals surface area (Å²) in [5, 5.41) is 12.6. The van der Waals surface area contributed by atoms with Crippen LogP contribution in [0.5, 0.6) is 0 Å². The Balaban J connectivity index is 1.63. The molecule has 0 spiro atoms. The lowest BCUT2D eigenvalue weighted by Gasteiger charge is -2.18. The molecule has 2 saturated carbocycles. The Kier molecular flexibility index (Phi) is 3.56. The van der Waals surface area contributed by atoms with Gasteiger partial charge in [-0.15, -0.1) is 0 Å². The van der Waals surface area contributed by atoms with Gasteiger partial charge in [0, 0.05) is 12.6 Å². The fourth-order valence-corrected chi connectivity index (χ4v) is 2.92. The minimum atomic E-state index is -0.756. The minimum absolute atomic E-state index is 0.120. The van der Waals surface area contributed by atoms with Crippen molar-refractivity contribution in [1.29, 1.82) is 0 Å². The van der Waals surface area contributed by atoms with Gasteiger partial charge >= 0.3 is 5.97 Å². The highest BCUT2D eigenvalue weighted by atomic mass is 16.4. The highest BCUT2D eigenvalue weighted by Crippen LogP contribution is 2.44. The third-order valence-electron chi connectivity index (χ3n) is 4.25. The first-order valence-corrected chi connectivity index (χ1v) is 7.26. The van der Waals surface area contributed by atoms with Gasteiger partial charge in [0.05, 0.1) is 6.42 Å². The Labute approximate surface area is 114 Å². The molecule has 3 nitrogen and oxygen atoms in total. The van der Waals surface area contributed by atoms with E-state index >= 15 is 0 Å². The first-order valence-electron chi connectivity index (χ1n) is 7.26. The summed E-state index contributed by atoms with van der Waals surface area (Å²) >= 11 is 0. The monoisotopic (exact) mass is 259 g/mol.